The van der Waals surface area contributed by atoms with Crippen LogP contribution in [0.4, 0.5) is 4.79 Å². The minimum absolute atomic E-state index is 0.358. The molecule has 0 saturated heterocycles. The van der Waals surface area contributed by atoms with Gasteiger partial charge in [-0.25, -0.2) is 4.79 Å². The van der Waals surface area contributed by atoms with Crippen molar-refractivity contribution in [3.05, 3.63) is 0 Å². The molecule has 0 radical (unpaired) electrons. The van der Waals surface area contributed by atoms with Crippen LogP contribution >= 0.6 is 7.60 Å². The van der Waals surface area contributed by atoms with Crippen LogP contribution in [-0.4, -0.2) is 34.9 Å². The summed E-state index contributed by atoms with van der Waals surface area (Å²) in [5.74, 6) is -1.60. The van der Waals surface area contributed by atoms with E-state index < -0.39 is 31.5 Å². The van der Waals surface area contributed by atoms with Crippen LogP contribution in [0.25, 0.3) is 0 Å². The lowest BCUT2D eigenvalue weighted by molar-refractivity contribution is -0.141. The zero-order valence-electron chi connectivity index (χ0n) is 13.1. The van der Waals surface area contributed by atoms with Gasteiger partial charge in [0.1, 0.15) is 6.35 Å². The highest BCUT2D eigenvalue weighted by atomic mass is 31.2. The molecule has 0 bridgehead atoms. The third kappa shape index (κ3) is 10.2. The molecule has 0 fully saturated rings. The molecular formula is C12H25O7P. The van der Waals surface area contributed by atoms with Gasteiger partial charge in [0.25, 0.3) is 0 Å². The van der Waals surface area contributed by atoms with Crippen molar-refractivity contribution >= 4 is 13.8 Å². The number of carbonyl (C=O) groups excluding carboxylic acids is 1. The lowest BCUT2D eigenvalue weighted by atomic mass is 10.2. The highest BCUT2D eigenvalue weighted by Gasteiger charge is 2.35. The van der Waals surface area contributed by atoms with Crippen LogP contribution in [0.5, 0.6) is 0 Å². The lowest BCUT2D eigenvalue weighted by Crippen LogP contribution is -2.32. The molecule has 0 aliphatic carbocycles. The molecule has 120 valence electrons. The lowest BCUT2D eigenvalue weighted by Gasteiger charge is -2.28. The summed E-state index contributed by atoms with van der Waals surface area (Å²) < 4.78 is 31.6. The van der Waals surface area contributed by atoms with E-state index >= 15 is 0 Å². The molecule has 20 heavy (non-hydrogen) atoms. The Hall–Kier alpha value is -0.620. The van der Waals surface area contributed by atoms with Gasteiger partial charge >= 0.3 is 13.8 Å². The van der Waals surface area contributed by atoms with E-state index in [1.807, 2.05) is 0 Å². The van der Waals surface area contributed by atoms with E-state index in [1.165, 1.54) is 13.8 Å². The van der Waals surface area contributed by atoms with E-state index in [2.05, 4.69) is 0 Å². The van der Waals surface area contributed by atoms with Crippen molar-refractivity contribution in [3.8, 4) is 0 Å². The van der Waals surface area contributed by atoms with Crippen molar-refractivity contribution in [1.29, 1.82) is 0 Å². The molecular weight excluding hydrogens is 287 g/mol. The van der Waals surface area contributed by atoms with Crippen molar-refractivity contribution in [2.45, 2.75) is 66.0 Å². The highest BCUT2D eigenvalue weighted by Crippen LogP contribution is 2.47. The Kier molecular flexibility index (Phi) is 6.68. The predicted molar refractivity (Wildman–Crippen MR) is 73.4 cm³/mol. The third-order valence-electron chi connectivity index (χ3n) is 1.68. The van der Waals surface area contributed by atoms with E-state index in [0.717, 1.165) is 0 Å². The third-order valence-corrected chi connectivity index (χ3v) is 2.86. The average molecular weight is 312 g/mol. The molecule has 1 N–H and O–H groups in total. The van der Waals surface area contributed by atoms with Crippen molar-refractivity contribution in [2.24, 2.45) is 0 Å². The summed E-state index contributed by atoms with van der Waals surface area (Å²) in [6, 6.07) is 0. The molecule has 0 aromatic heterocycles. The number of rotatable bonds is 6. The molecule has 0 heterocycles. The molecule has 0 aliphatic rings. The van der Waals surface area contributed by atoms with Gasteiger partial charge in [0, 0.05) is 13.8 Å². The Morgan fingerprint density at radius 1 is 1.20 bits per heavy atom. The quantitative estimate of drug-likeness (QED) is 0.457. The zero-order valence-corrected chi connectivity index (χ0v) is 14.0. The first-order chi connectivity index (χ1) is 8.72. The van der Waals surface area contributed by atoms with E-state index in [4.69, 9.17) is 18.7 Å². The summed E-state index contributed by atoms with van der Waals surface area (Å²) in [4.78, 5) is 21.0. The van der Waals surface area contributed by atoms with Gasteiger partial charge in [0.15, 0.2) is 0 Å². The van der Waals surface area contributed by atoms with Crippen molar-refractivity contribution in [1.82, 2.24) is 0 Å². The summed E-state index contributed by atoms with van der Waals surface area (Å²) >= 11 is 0. The van der Waals surface area contributed by atoms with E-state index in [0.29, 0.717) is 0 Å². The average Bonchev–Trinajstić information content (AvgIpc) is 2.08. The smallest absolute Gasteiger partial charge is 0.432 e. The minimum atomic E-state index is -4.06. The van der Waals surface area contributed by atoms with Gasteiger partial charge in [0.05, 0.1) is 11.7 Å². The first-order valence-electron chi connectivity index (χ1n) is 6.29. The fraction of sp³-hybridized carbons (Fsp3) is 0.917. The molecule has 0 saturated carbocycles. The van der Waals surface area contributed by atoms with Crippen molar-refractivity contribution in [2.75, 3.05) is 6.35 Å². The summed E-state index contributed by atoms with van der Waals surface area (Å²) in [7, 11) is -4.06. The van der Waals surface area contributed by atoms with E-state index in [-0.39, 0.29) is 6.10 Å². The molecule has 0 spiro atoms. The topological polar surface area (TPSA) is 91.3 Å². The summed E-state index contributed by atoms with van der Waals surface area (Å²) in [5.41, 5.74) is -0.580. The maximum atomic E-state index is 11.9. The molecule has 0 aliphatic heterocycles. The van der Waals surface area contributed by atoms with Crippen LogP contribution < -0.4 is 0 Å². The maximum Gasteiger partial charge on any atom is 0.511 e. The fourth-order valence-electron chi connectivity index (χ4n) is 1.08. The Labute approximate surface area is 120 Å². The van der Waals surface area contributed by atoms with Crippen molar-refractivity contribution in [3.63, 3.8) is 0 Å². The SMILES string of the molecule is CC(C)OC(=O)OC(C)(C)OP(=O)(O)COC(C)(C)C. The summed E-state index contributed by atoms with van der Waals surface area (Å²) in [6.45, 7) is 11.2. The summed E-state index contributed by atoms with van der Waals surface area (Å²) in [6.07, 6.45) is -1.83. The normalized spacial score (nSPS) is 15.8. The highest BCUT2D eigenvalue weighted by molar-refractivity contribution is 7.52. The van der Waals surface area contributed by atoms with Gasteiger partial charge in [0.2, 0.25) is 5.79 Å². The Bertz CT molecular complexity index is 370. The van der Waals surface area contributed by atoms with E-state index in [9.17, 15) is 14.3 Å². The van der Waals surface area contributed by atoms with Gasteiger partial charge < -0.3 is 19.1 Å². The molecule has 1 atom stereocenters. The monoisotopic (exact) mass is 312 g/mol. The number of hydrogen-bond donors (Lipinski definition) is 1. The summed E-state index contributed by atoms with van der Waals surface area (Å²) in [5, 5.41) is 0. The molecule has 1 unspecified atom stereocenters. The second-order valence-corrected chi connectivity index (χ2v) is 7.75. The van der Waals surface area contributed by atoms with Crippen LogP contribution in [0.15, 0.2) is 0 Å². The van der Waals surface area contributed by atoms with Crippen LogP contribution in [-0.2, 0) is 23.3 Å². The maximum absolute atomic E-state index is 11.9. The second-order valence-electron chi connectivity index (χ2n) is 6.03. The van der Waals surface area contributed by atoms with Gasteiger partial charge in [-0.2, -0.15) is 0 Å². The standard InChI is InChI=1S/C12H25O7P/c1-9(2)17-10(13)18-12(6,7)19-20(14,15)8-16-11(3,4)5/h9H,8H2,1-7H3,(H,14,15). The molecule has 0 aromatic carbocycles. The minimum Gasteiger partial charge on any atom is -0.432 e. The predicted octanol–water partition coefficient (Wildman–Crippen LogP) is 3.26. The fourth-order valence-corrected chi connectivity index (χ4v) is 2.41. The Morgan fingerprint density at radius 2 is 1.70 bits per heavy atom. The first kappa shape index (κ1) is 19.4. The molecule has 0 rings (SSSR count). The van der Waals surface area contributed by atoms with Crippen LogP contribution in [0.3, 0.4) is 0 Å². The molecule has 7 nitrogen and oxygen atoms in total. The number of ether oxygens (including phenoxy) is 3. The number of carbonyl (C=O) groups is 1. The van der Waals surface area contributed by atoms with Crippen LogP contribution in [0.2, 0.25) is 0 Å². The van der Waals surface area contributed by atoms with E-state index in [1.54, 1.807) is 34.6 Å². The van der Waals surface area contributed by atoms with Crippen LogP contribution in [0, 0.1) is 0 Å². The van der Waals surface area contributed by atoms with Gasteiger partial charge in [-0.15, -0.1) is 0 Å². The Balaban J connectivity index is 4.50. The zero-order chi connectivity index (χ0) is 16.2. The largest absolute Gasteiger partial charge is 0.511 e. The van der Waals surface area contributed by atoms with Crippen molar-refractivity contribution < 1.29 is 33.0 Å². The first-order valence-corrected chi connectivity index (χ1v) is 8.05. The van der Waals surface area contributed by atoms with Crippen LogP contribution in [0.1, 0.15) is 48.5 Å². The van der Waals surface area contributed by atoms with Gasteiger partial charge in [-0.3, -0.25) is 9.09 Å². The molecule has 0 amide bonds. The second kappa shape index (κ2) is 6.89. The number of hydrogen-bond acceptors (Lipinski definition) is 6. The molecule has 0 aromatic rings. The van der Waals surface area contributed by atoms with Gasteiger partial charge in [-0.1, -0.05) is 0 Å². The van der Waals surface area contributed by atoms with Gasteiger partial charge in [-0.05, 0) is 34.6 Å². The Morgan fingerprint density at radius 3 is 2.10 bits per heavy atom. The molecule has 8 heteroatoms.